The lowest BCUT2D eigenvalue weighted by Gasteiger charge is -2.16. The highest BCUT2D eigenvalue weighted by atomic mass is 32.2. The van der Waals surface area contributed by atoms with Crippen molar-refractivity contribution in [2.75, 3.05) is 23.7 Å². The number of nitrogens with zero attached hydrogens (tertiary/aromatic N) is 2. The third-order valence-electron chi connectivity index (χ3n) is 2.54. The highest BCUT2D eigenvalue weighted by Gasteiger charge is 2.20. The van der Waals surface area contributed by atoms with Crippen molar-refractivity contribution in [1.29, 1.82) is 0 Å². The van der Waals surface area contributed by atoms with Gasteiger partial charge in [-0.3, -0.25) is 4.72 Å². The Morgan fingerprint density at radius 1 is 1.43 bits per heavy atom. The molecule has 0 amide bonds. The van der Waals surface area contributed by atoms with Gasteiger partial charge in [0, 0.05) is 25.7 Å². The van der Waals surface area contributed by atoms with E-state index in [4.69, 9.17) is 5.11 Å². The van der Waals surface area contributed by atoms with Gasteiger partial charge in [0.15, 0.2) is 5.82 Å². The molecule has 0 aliphatic rings. The first kappa shape index (κ1) is 15.3. The largest absolute Gasteiger partial charge is 0.478 e. The van der Waals surface area contributed by atoms with Gasteiger partial charge in [-0.05, 0) is 18.2 Å². The fourth-order valence-corrected chi connectivity index (χ4v) is 3.81. The molecule has 0 fully saturated rings. The van der Waals surface area contributed by atoms with Gasteiger partial charge in [-0.1, -0.05) is 0 Å². The number of thiophene rings is 1. The van der Waals surface area contributed by atoms with Crippen LogP contribution in [0.2, 0.25) is 0 Å². The van der Waals surface area contributed by atoms with E-state index in [0.717, 1.165) is 17.4 Å². The van der Waals surface area contributed by atoms with Crippen molar-refractivity contribution < 1.29 is 18.3 Å². The van der Waals surface area contributed by atoms with Crippen LogP contribution in [0.1, 0.15) is 10.4 Å². The molecule has 0 saturated heterocycles. The van der Waals surface area contributed by atoms with Crippen molar-refractivity contribution in [1.82, 2.24) is 4.98 Å². The number of carbonyl (C=O) groups is 1. The van der Waals surface area contributed by atoms with E-state index in [9.17, 15) is 13.2 Å². The summed E-state index contributed by atoms with van der Waals surface area (Å²) < 4.78 is 26.9. The Morgan fingerprint density at radius 3 is 2.71 bits per heavy atom. The summed E-state index contributed by atoms with van der Waals surface area (Å²) in [6, 6.07) is 4.33. The third-order valence-corrected chi connectivity index (χ3v) is 5.35. The number of sulfonamides is 1. The third kappa shape index (κ3) is 3.31. The molecule has 2 aromatic rings. The van der Waals surface area contributed by atoms with Crippen LogP contribution < -0.4 is 9.62 Å². The van der Waals surface area contributed by atoms with E-state index in [-0.39, 0.29) is 9.77 Å². The fourth-order valence-electron chi connectivity index (χ4n) is 1.60. The maximum Gasteiger partial charge on any atom is 0.336 e. The molecule has 2 heterocycles. The molecule has 7 nitrogen and oxygen atoms in total. The lowest BCUT2D eigenvalue weighted by atomic mass is 10.4. The van der Waals surface area contributed by atoms with Crippen LogP contribution in [0.5, 0.6) is 0 Å². The van der Waals surface area contributed by atoms with Gasteiger partial charge >= 0.3 is 5.97 Å². The molecular formula is C12H13N3O4S2. The number of nitrogens with one attached hydrogen (secondary N) is 1. The Bertz CT molecular complexity index is 768. The van der Waals surface area contributed by atoms with Gasteiger partial charge in [0.1, 0.15) is 4.21 Å². The Hall–Kier alpha value is -2.13. The Morgan fingerprint density at radius 2 is 2.14 bits per heavy atom. The number of carboxylic acids is 1. The van der Waals surface area contributed by atoms with Crippen LogP contribution in [0.15, 0.2) is 34.0 Å². The molecule has 0 aromatic carbocycles. The van der Waals surface area contributed by atoms with Crippen LogP contribution in [0.25, 0.3) is 0 Å². The summed E-state index contributed by atoms with van der Waals surface area (Å²) in [5.41, 5.74) is 0.271. The molecule has 2 N–H and O–H groups in total. The van der Waals surface area contributed by atoms with Gasteiger partial charge in [-0.2, -0.15) is 0 Å². The van der Waals surface area contributed by atoms with Gasteiger partial charge in [0.25, 0.3) is 10.0 Å². The average molecular weight is 327 g/mol. The minimum atomic E-state index is -3.84. The second-order valence-corrected chi connectivity index (χ2v) is 7.15. The van der Waals surface area contributed by atoms with Gasteiger partial charge in [-0.15, -0.1) is 11.3 Å². The second-order valence-electron chi connectivity index (χ2n) is 4.33. The molecule has 0 atom stereocenters. The number of anilines is 2. The minimum Gasteiger partial charge on any atom is -0.478 e. The van der Waals surface area contributed by atoms with Gasteiger partial charge < -0.3 is 10.0 Å². The average Bonchev–Trinajstić information content (AvgIpc) is 2.89. The first-order chi connectivity index (χ1) is 9.81. The number of pyridine rings is 1. The van der Waals surface area contributed by atoms with Crippen molar-refractivity contribution in [3.8, 4) is 0 Å². The SMILES string of the molecule is CN(C)c1ncccc1NS(=O)(=O)c1cc(C(=O)O)cs1. The van der Waals surface area contributed by atoms with Crippen molar-refractivity contribution in [2.24, 2.45) is 0 Å². The molecule has 0 spiro atoms. The van der Waals surface area contributed by atoms with Gasteiger partial charge in [0.2, 0.25) is 0 Å². The molecule has 9 heteroatoms. The van der Waals surface area contributed by atoms with E-state index in [0.29, 0.717) is 11.5 Å². The standard InChI is InChI=1S/C12H13N3O4S2/c1-15(2)11-9(4-3-5-13-11)14-21(18,19)10-6-8(7-20-10)12(16)17/h3-7,14H,1-2H3,(H,16,17). The summed E-state index contributed by atoms with van der Waals surface area (Å²) >= 11 is 0.853. The summed E-state index contributed by atoms with van der Waals surface area (Å²) in [6.45, 7) is 0. The number of rotatable bonds is 5. The first-order valence-corrected chi connectivity index (χ1v) is 8.14. The molecule has 112 valence electrons. The number of aromatic nitrogens is 1. The van der Waals surface area contributed by atoms with Crippen LogP contribution >= 0.6 is 11.3 Å². The molecule has 21 heavy (non-hydrogen) atoms. The summed E-state index contributed by atoms with van der Waals surface area (Å²) in [6.07, 6.45) is 1.56. The maximum atomic E-state index is 12.3. The first-order valence-electron chi connectivity index (χ1n) is 5.78. The van der Waals surface area contributed by atoms with Crippen LogP contribution in [-0.2, 0) is 10.0 Å². The van der Waals surface area contributed by atoms with Crippen molar-refractivity contribution in [2.45, 2.75) is 4.21 Å². The molecule has 2 aromatic heterocycles. The van der Waals surface area contributed by atoms with Gasteiger partial charge in [0.05, 0.1) is 11.3 Å². The van der Waals surface area contributed by atoms with E-state index in [1.54, 1.807) is 37.3 Å². The Kier molecular flexibility index (Phi) is 4.14. The predicted octanol–water partition coefficient (Wildman–Crippen LogP) is 1.71. The molecule has 0 radical (unpaired) electrons. The number of aromatic carboxylic acids is 1. The summed E-state index contributed by atoms with van der Waals surface area (Å²) in [7, 11) is -0.356. The molecule has 0 saturated carbocycles. The molecule has 2 rings (SSSR count). The van der Waals surface area contributed by atoms with Crippen LogP contribution in [0.3, 0.4) is 0 Å². The zero-order valence-electron chi connectivity index (χ0n) is 11.3. The molecular weight excluding hydrogens is 314 g/mol. The van der Waals surface area contributed by atoms with E-state index in [2.05, 4.69) is 9.71 Å². The minimum absolute atomic E-state index is 0.0561. The van der Waals surface area contributed by atoms with Crippen molar-refractivity contribution in [3.05, 3.63) is 35.3 Å². The smallest absolute Gasteiger partial charge is 0.336 e. The highest BCUT2D eigenvalue weighted by Crippen LogP contribution is 2.27. The number of hydrogen-bond acceptors (Lipinski definition) is 6. The van der Waals surface area contributed by atoms with Crippen molar-refractivity contribution >= 4 is 38.8 Å². The monoisotopic (exact) mass is 327 g/mol. The summed E-state index contributed by atoms with van der Waals surface area (Å²) in [5.74, 6) is -0.695. The number of carboxylic acid groups (broad SMARTS) is 1. The van der Waals surface area contributed by atoms with Crippen LogP contribution in [0, 0.1) is 0 Å². The van der Waals surface area contributed by atoms with E-state index in [1.807, 2.05) is 0 Å². The topological polar surface area (TPSA) is 99.6 Å². The fraction of sp³-hybridized carbons (Fsp3) is 0.167. The quantitative estimate of drug-likeness (QED) is 0.867. The van der Waals surface area contributed by atoms with Crippen molar-refractivity contribution in [3.63, 3.8) is 0 Å². The second kappa shape index (κ2) is 5.70. The molecule has 0 unspecified atom stereocenters. The van der Waals surface area contributed by atoms with E-state index >= 15 is 0 Å². The van der Waals surface area contributed by atoms with Gasteiger partial charge in [-0.25, -0.2) is 18.2 Å². The molecule has 0 bridgehead atoms. The number of hydrogen-bond donors (Lipinski definition) is 2. The molecule has 0 aliphatic heterocycles. The Balaban J connectivity index is 2.35. The summed E-state index contributed by atoms with van der Waals surface area (Å²) in [4.78, 5) is 16.6. The van der Waals surface area contributed by atoms with E-state index < -0.39 is 16.0 Å². The normalized spacial score (nSPS) is 11.1. The highest BCUT2D eigenvalue weighted by molar-refractivity contribution is 7.94. The summed E-state index contributed by atoms with van der Waals surface area (Å²) in [5, 5.41) is 10.1. The zero-order chi connectivity index (χ0) is 15.6. The Labute approximate surface area is 125 Å². The molecule has 0 aliphatic carbocycles. The zero-order valence-corrected chi connectivity index (χ0v) is 12.9. The maximum absolute atomic E-state index is 12.3. The van der Waals surface area contributed by atoms with Crippen LogP contribution in [0.4, 0.5) is 11.5 Å². The van der Waals surface area contributed by atoms with E-state index in [1.165, 1.54) is 5.38 Å². The van der Waals surface area contributed by atoms with Crippen LogP contribution in [-0.4, -0.2) is 38.6 Å². The predicted molar refractivity (Wildman–Crippen MR) is 80.7 cm³/mol. The lowest BCUT2D eigenvalue weighted by Crippen LogP contribution is -2.17. The lowest BCUT2D eigenvalue weighted by molar-refractivity contribution is 0.0697.